The van der Waals surface area contributed by atoms with Gasteiger partial charge < -0.3 is 5.32 Å². The van der Waals surface area contributed by atoms with Crippen molar-refractivity contribution in [2.24, 2.45) is 0 Å². The molecule has 1 atom stereocenters. The number of benzene rings is 1. The molecule has 1 N–H and O–H groups in total. The molecule has 9 heteroatoms. The Morgan fingerprint density at radius 2 is 2.00 bits per heavy atom. The van der Waals surface area contributed by atoms with Crippen LogP contribution in [0.15, 0.2) is 33.6 Å². The number of hydrogen-bond donors (Lipinski definition) is 1. The fourth-order valence-corrected chi connectivity index (χ4v) is 6.98. The molecule has 0 spiro atoms. The second-order valence-corrected chi connectivity index (χ2v) is 12.3. The molecule has 0 aliphatic carbocycles. The van der Waals surface area contributed by atoms with Gasteiger partial charge in [0.25, 0.3) is 0 Å². The Morgan fingerprint density at radius 1 is 1.25 bits per heavy atom. The number of nitrogens with zero attached hydrogens (tertiary/aromatic N) is 2. The highest BCUT2D eigenvalue weighted by molar-refractivity contribution is 9.10. The molecule has 3 heterocycles. The first-order chi connectivity index (χ1) is 13.3. The molecule has 1 unspecified atom stereocenters. The first kappa shape index (κ1) is 20.1. The van der Waals surface area contributed by atoms with Crippen molar-refractivity contribution < 1.29 is 8.42 Å². The van der Waals surface area contributed by atoms with Gasteiger partial charge in [-0.2, -0.15) is 0 Å². The number of nitrogens with one attached hydrogen (secondary N) is 1. The smallest absolute Gasteiger partial charge is 0.152 e. The van der Waals surface area contributed by atoms with Crippen LogP contribution >= 0.6 is 39.0 Å². The Balaban J connectivity index is 1.63. The van der Waals surface area contributed by atoms with Gasteiger partial charge in [0.15, 0.2) is 9.84 Å². The molecule has 0 bridgehead atoms. The number of hydrogen-bond acceptors (Lipinski definition) is 7. The Hall–Kier alpha value is -1.16. The zero-order chi connectivity index (χ0) is 19.9. The Kier molecular flexibility index (Phi) is 5.70. The third-order valence-electron chi connectivity index (χ3n) is 4.83. The zero-order valence-electron chi connectivity index (χ0n) is 15.5. The summed E-state index contributed by atoms with van der Waals surface area (Å²) in [5.41, 5.74) is 1.16. The van der Waals surface area contributed by atoms with Crippen LogP contribution in [0.2, 0.25) is 0 Å². The maximum Gasteiger partial charge on any atom is 0.152 e. The topological polar surface area (TPSA) is 72.0 Å². The highest BCUT2D eigenvalue weighted by atomic mass is 79.9. The first-order valence-electron chi connectivity index (χ1n) is 8.93. The normalized spacial score (nSPS) is 18.6. The van der Waals surface area contributed by atoms with Gasteiger partial charge >= 0.3 is 0 Å². The number of rotatable bonds is 5. The van der Waals surface area contributed by atoms with Crippen molar-refractivity contribution in [2.45, 2.75) is 37.0 Å². The molecule has 28 heavy (non-hydrogen) atoms. The number of thiophene rings is 1. The number of sulfone groups is 1. The maximum atomic E-state index is 11.8. The standard InChI is InChI=1S/C19H20BrN3O2S3/c1-11-12(2)27-19-17(11)18(21-14-7-8-28(24,25)10-14)22-16(23-19)9-26-15-5-3-13(20)4-6-15/h3-6,14H,7-10H2,1-2H3,(H,21,22,23). The van der Waals surface area contributed by atoms with Crippen LogP contribution in [-0.4, -0.2) is 35.9 Å². The van der Waals surface area contributed by atoms with Crippen LogP contribution in [0, 0.1) is 13.8 Å². The van der Waals surface area contributed by atoms with E-state index in [2.05, 4.69) is 47.2 Å². The summed E-state index contributed by atoms with van der Waals surface area (Å²) in [4.78, 5) is 12.9. The second-order valence-electron chi connectivity index (χ2n) is 6.94. The zero-order valence-corrected chi connectivity index (χ0v) is 19.6. The van der Waals surface area contributed by atoms with E-state index >= 15 is 0 Å². The molecular weight excluding hydrogens is 478 g/mol. The molecule has 1 saturated heterocycles. The summed E-state index contributed by atoms with van der Waals surface area (Å²) in [5, 5.41) is 4.42. The lowest BCUT2D eigenvalue weighted by Gasteiger charge is -2.14. The van der Waals surface area contributed by atoms with E-state index in [9.17, 15) is 8.42 Å². The average Bonchev–Trinajstić information content (AvgIpc) is 3.13. The second kappa shape index (κ2) is 7.93. The first-order valence-corrected chi connectivity index (χ1v) is 13.3. The van der Waals surface area contributed by atoms with E-state index < -0.39 is 9.84 Å². The summed E-state index contributed by atoms with van der Waals surface area (Å²) < 4.78 is 24.7. The van der Waals surface area contributed by atoms with Gasteiger partial charge in [0, 0.05) is 20.3 Å². The molecule has 4 rings (SSSR count). The van der Waals surface area contributed by atoms with Crippen LogP contribution < -0.4 is 5.32 Å². The quantitative estimate of drug-likeness (QED) is 0.502. The molecule has 0 amide bonds. The third-order valence-corrected chi connectivity index (χ3v) is 9.24. The summed E-state index contributed by atoms with van der Waals surface area (Å²) in [6.45, 7) is 4.16. The Labute approximate surface area is 181 Å². The van der Waals surface area contributed by atoms with Crippen molar-refractivity contribution in [3.05, 3.63) is 45.0 Å². The molecular formula is C19H20BrN3O2S3. The summed E-state index contributed by atoms with van der Waals surface area (Å²) in [5.74, 6) is 2.59. The number of thioether (sulfide) groups is 1. The van der Waals surface area contributed by atoms with Gasteiger partial charge in [-0.25, -0.2) is 18.4 Å². The van der Waals surface area contributed by atoms with Gasteiger partial charge in [0.05, 0.1) is 22.6 Å². The lowest BCUT2D eigenvalue weighted by atomic mass is 10.2. The molecule has 1 aromatic carbocycles. The molecule has 3 aromatic rings. The summed E-state index contributed by atoms with van der Waals surface area (Å²) in [7, 11) is -2.94. The van der Waals surface area contributed by atoms with Crippen molar-refractivity contribution in [1.82, 2.24) is 9.97 Å². The molecule has 1 aliphatic heterocycles. The molecule has 1 fully saturated rings. The van der Waals surface area contributed by atoms with Crippen LogP contribution in [0.25, 0.3) is 10.2 Å². The van der Waals surface area contributed by atoms with Crippen molar-refractivity contribution in [2.75, 3.05) is 16.8 Å². The van der Waals surface area contributed by atoms with Crippen molar-refractivity contribution in [3.8, 4) is 0 Å². The molecule has 1 aliphatic rings. The van der Waals surface area contributed by atoms with Gasteiger partial charge in [-0.05, 0) is 50.1 Å². The van der Waals surface area contributed by atoms with Gasteiger partial charge in [-0.1, -0.05) is 15.9 Å². The summed E-state index contributed by atoms with van der Waals surface area (Å²) >= 11 is 6.80. The van der Waals surface area contributed by atoms with Gasteiger partial charge in [-0.3, -0.25) is 0 Å². The van der Waals surface area contributed by atoms with Crippen molar-refractivity contribution in [3.63, 3.8) is 0 Å². The minimum Gasteiger partial charge on any atom is -0.366 e. The number of aromatic nitrogens is 2. The van der Waals surface area contributed by atoms with E-state index in [0.29, 0.717) is 12.2 Å². The maximum absolute atomic E-state index is 11.8. The Bertz CT molecular complexity index is 1130. The number of fused-ring (bicyclic) bond motifs is 1. The van der Waals surface area contributed by atoms with E-state index in [1.54, 1.807) is 23.1 Å². The fourth-order valence-electron chi connectivity index (χ4n) is 3.24. The lowest BCUT2D eigenvalue weighted by Crippen LogP contribution is -2.21. The van der Waals surface area contributed by atoms with E-state index in [4.69, 9.17) is 9.97 Å². The number of halogens is 1. The predicted molar refractivity (Wildman–Crippen MR) is 121 cm³/mol. The number of anilines is 1. The highest BCUT2D eigenvalue weighted by Crippen LogP contribution is 2.35. The average molecular weight is 498 g/mol. The van der Waals surface area contributed by atoms with Crippen LogP contribution in [-0.2, 0) is 15.6 Å². The monoisotopic (exact) mass is 497 g/mol. The van der Waals surface area contributed by atoms with Gasteiger partial charge in [0.2, 0.25) is 0 Å². The predicted octanol–water partition coefficient (Wildman–Crippen LogP) is 4.96. The summed E-state index contributed by atoms with van der Waals surface area (Å²) in [6.07, 6.45) is 0.624. The fraction of sp³-hybridized carbons (Fsp3) is 0.368. The van der Waals surface area contributed by atoms with Crippen molar-refractivity contribution in [1.29, 1.82) is 0 Å². The third kappa shape index (κ3) is 4.37. The minimum atomic E-state index is -2.94. The molecule has 2 aromatic heterocycles. The SMILES string of the molecule is Cc1sc2nc(CSc3ccc(Br)cc3)nc(NC3CCS(=O)(=O)C3)c2c1C. The van der Waals surface area contributed by atoms with Crippen LogP contribution in [0.5, 0.6) is 0 Å². The lowest BCUT2D eigenvalue weighted by molar-refractivity contribution is 0.602. The van der Waals surface area contributed by atoms with E-state index in [1.807, 2.05) is 12.1 Å². The van der Waals surface area contributed by atoms with Gasteiger partial charge in [0.1, 0.15) is 16.5 Å². The van der Waals surface area contributed by atoms with Crippen LogP contribution in [0.4, 0.5) is 5.82 Å². The van der Waals surface area contributed by atoms with Crippen LogP contribution in [0.1, 0.15) is 22.7 Å². The minimum absolute atomic E-state index is 0.0883. The van der Waals surface area contributed by atoms with Crippen LogP contribution in [0.3, 0.4) is 0 Å². The van der Waals surface area contributed by atoms with E-state index in [1.165, 1.54) is 4.88 Å². The van der Waals surface area contributed by atoms with Gasteiger partial charge in [-0.15, -0.1) is 23.1 Å². The largest absolute Gasteiger partial charge is 0.366 e. The van der Waals surface area contributed by atoms with E-state index in [-0.39, 0.29) is 17.5 Å². The Morgan fingerprint density at radius 3 is 2.68 bits per heavy atom. The summed E-state index contributed by atoms with van der Waals surface area (Å²) in [6, 6.07) is 8.08. The van der Waals surface area contributed by atoms with Crippen molar-refractivity contribution >= 4 is 64.9 Å². The molecule has 0 saturated carbocycles. The number of aryl methyl sites for hydroxylation is 2. The molecule has 0 radical (unpaired) electrons. The van der Waals surface area contributed by atoms with E-state index in [0.717, 1.165) is 36.8 Å². The molecule has 148 valence electrons. The highest BCUT2D eigenvalue weighted by Gasteiger charge is 2.29. The molecule has 5 nitrogen and oxygen atoms in total.